The van der Waals surface area contributed by atoms with Crippen molar-refractivity contribution < 1.29 is 9.90 Å². The maximum Gasteiger partial charge on any atom is 0.307 e. The van der Waals surface area contributed by atoms with Gasteiger partial charge in [-0.15, -0.1) is 0 Å². The molecule has 0 saturated heterocycles. The fourth-order valence-electron chi connectivity index (χ4n) is 2.45. The van der Waals surface area contributed by atoms with E-state index in [0.29, 0.717) is 0 Å². The predicted molar refractivity (Wildman–Crippen MR) is 76.0 cm³/mol. The highest BCUT2D eigenvalue weighted by molar-refractivity contribution is 5.71. The minimum atomic E-state index is -0.790. The Labute approximate surface area is 113 Å². The minimum Gasteiger partial charge on any atom is -0.481 e. The van der Waals surface area contributed by atoms with Gasteiger partial charge in [0, 0.05) is 17.1 Å². The summed E-state index contributed by atoms with van der Waals surface area (Å²) in [7, 11) is 0. The van der Waals surface area contributed by atoms with E-state index in [0.717, 1.165) is 29.1 Å². The van der Waals surface area contributed by atoms with E-state index in [1.54, 1.807) is 0 Å². The molecular weight excluding hydrogens is 238 g/mol. The smallest absolute Gasteiger partial charge is 0.307 e. The average Bonchev–Trinajstić information content (AvgIpc) is 2.64. The third kappa shape index (κ3) is 2.70. The van der Waals surface area contributed by atoms with E-state index in [9.17, 15) is 4.79 Å². The Bertz CT molecular complexity index is 594. The molecule has 0 unspecified atom stereocenters. The number of nitrogens with zero attached hydrogens (tertiary/aromatic N) is 1. The summed E-state index contributed by atoms with van der Waals surface area (Å²) < 4.78 is 2.11. The lowest BCUT2D eigenvalue weighted by Crippen LogP contribution is -2.03. The summed E-state index contributed by atoms with van der Waals surface area (Å²) in [5, 5.41) is 8.92. The van der Waals surface area contributed by atoms with Crippen LogP contribution in [0.4, 0.5) is 0 Å². The monoisotopic (exact) mass is 257 g/mol. The molecule has 0 amide bonds. The number of benzene rings is 1. The van der Waals surface area contributed by atoms with Crippen LogP contribution in [0.5, 0.6) is 0 Å². The van der Waals surface area contributed by atoms with Crippen LogP contribution >= 0.6 is 0 Å². The first-order chi connectivity index (χ1) is 9.02. The molecule has 0 aliphatic carbocycles. The van der Waals surface area contributed by atoms with Crippen molar-refractivity contribution in [3.05, 3.63) is 52.8 Å². The fraction of sp³-hybridized carbons (Fsp3) is 0.312. The Balaban J connectivity index is 2.43. The summed E-state index contributed by atoms with van der Waals surface area (Å²) in [6, 6.07) is 10.4. The molecule has 3 nitrogen and oxygen atoms in total. The van der Waals surface area contributed by atoms with E-state index < -0.39 is 5.97 Å². The van der Waals surface area contributed by atoms with Crippen LogP contribution in [0.2, 0.25) is 0 Å². The van der Waals surface area contributed by atoms with Gasteiger partial charge in [-0.05, 0) is 49.6 Å². The summed E-state index contributed by atoms with van der Waals surface area (Å²) >= 11 is 0. The van der Waals surface area contributed by atoms with Crippen molar-refractivity contribution in [2.24, 2.45) is 0 Å². The van der Waals surface area contributed by atoms with Gasteiger partial charge in [0.1, 0.15) is 0 Å². The third-order valence-corrected chi connectivity index (χ3v) is 3.48. The Morgan fingerprint density at radius 2 is 1.84 bits per heavy atom. The van der Waals surface area contributed by atoms with Crippen molar-refractivity contribution in [2.45, 2.75) is 33.6 Å². The van der Waals surface area contributed by atoms with E-state index in [2.05, 4.69) is 35.8 Å². The van der Waals surface area contributed by atoms with E-state index in [1.165, 1.54) is 5.56 Å². The van der Waals surface area contributed by atoms with E-state index in [4.69, 9.17) is 5.11 Å². The van der Waals surface area contributed by atoms with Crippen LogP contribution in [-0.2, 0) is 17.6 Å². The van der Waals surface area contributed by atoms with E-state index in [1.807, 2.05) is 19.9 Å². The van der Waals surface area contributed by atoms with Gasteiger partial charge in [0.15, 0.2) is 0 Å². The molecule has 1 aromatic carbocycles. The minimum absolute atomic E-state index is 0.0761. The number of rotatable bonds is 4. The first kappa shape index (κ1) is 13.4. The fourth-order valence-corrected chi connectivity index (χ4v) is 2.45. The van der Waals surface area contributed by atoms with Gasteiger partial charge in [0.2, 0.25) is 0 Å². The summed E-state index contributed by atoms with van der Waals surface area (Å²) in [6.45, 7) is 6.11. The quantitative estimate of drug-likeness (QED) is 0.913. The molecule has 1 N–H and O–H groups in total. The second-order valence-electron chi connectivity index (χ2n) is 4.82. The molecule has 0 atom stereocenters. The van der Waals surface area contributed by atoms with Crippen molar-refractivity contribution >= 4 is 5.97 Å². The Kier molecular flexibility index (Phi) is 3.74. The lowest BCUT2D eigenvalue weighted by atomic mass is 10.1. The lowest BCUT2D eigenvalue weighted by molar-refractivity contribution is -0.136. The first-order valence-corrected chi connectivity index (χ1v) is 6.52. The molecule has 100 valence electrons. The maximum absolute atomic E-state index is 10.9. The van der Waals surface area contributed by atoms with Gasteiger partial charge in [-0.1, -0.05) is 19.1 Å². The van der Waals surface area contributed by atoms with Crippen LogP contribution in [0.3, 0.4) is 0 Å². The zero-order chi connectivity index (χ0) is 14.0. The molecule has 2 rings (SSSR count). The summed E-state index contributed by atoms with van der Waals surface area (Å²) in [5.41, 5.74) is 5.34. The van der Waals surface area contributed by atoms with E-state index >= 15 is 0 Å². The van der Waals surface area contributed by atoms with Crippen LogP contribution < -0.4 is 0 Å². The van der Waals surface area contributed by atoms with Crippen LogP contribution in [-0.4, -0.2) is 15.6 Å². The van der Waals surface area contributed by atoms with Gasteiger partial charge >= 0.3 is 5.97 Å². The molecule has 0 fully saturated rings. The van der Waals surface area contributed by atoms with Gasteiger partial charge < -0.3 is 9.67 Å². The second kappa shape index (κ2) is 5.31. The van der Waals surface area contributed by atoms with Crippen molar-refractivity contribution in [3.8, 4) is 5.69 Å². The number of aromatic nitrogens is 1. The van der Waals surface area contributed by atoms with Crippen molar-refractivity contribution in [3.63, 3.8) is 0 Å². The lowest BCUT2D eigenvalue weighted by Gasteiger charge is -2.10. The number of carbonyl (C=O) groups is 1. The number of aryl methyl sites for hydroxylation is 2. The molecule has 0 spiro atoms. The molecular formula is C16H19NO2. The highest BCUT2D eigenvalue weighted by atomic mass is 16.4. The highest BCUT2D eigenvalue weighted by Gasteiger charge is 2.12. The molecule has 2 aromatic rings. The maximum atomic E-state index is 10.9. The predicted octanol–water partition coefficient (Wildman–Crippen LogP) is 3.28. The molecule has 3 heteroatoms. The summed E-state index contributed by atoms with van der Waals surface area (Å²) in [6.07, 6.45) is 1.10. The molecule has 0 aliphatic heterocycles. The largest absolute Gasteiger partial charge is 0.481 e. The molecule has 0 saturated carbocycles. The SMILES string of the molecule is CCc1ccc(-n2c(C)cc(CC(=O)O)c2C)cc1. The van der Waals surface area contributed by atoms with Gasteiger partial charge in [-0.25, -0.2) is 0 Å². The number of aliphatic carboxylic acids is 1. The van der Waals surface area contributed by atoms with Crippen molar-refractivity contribution in [2.75, 3.05) is 0 Å². The molecule has 0 bridgehead atoms. The summed E-state index contributed by atoms with van der Waals surface area (Å²) in [4.78, 5) is 10.9. The average molecular weight is 257 g/mol. The molecule has 1 aromatic heterocycles. The molecule has 0 aliphatic rings. The van der Waals surface area contributed by atoms with Gasteiger partial charge in [0.05, 0.1) is 6.42 Å². The Hall–Kier alpha value is -2.03. The summed E-state index contributed by atoms with van der Waals surface area (Å²) in [5.74, 6) is -0.790. The van der Waals surface area contributed by atoms with Crippen LogP contribution in [0.15, 0.2) is 30.3 Å². The Morgan fingerprint density at radius 3 is 2.37 bits per heavy atom. The number of hydrogen-bond donors (Lipinski definition) is 1. The molecule has 0 radical (unpaired) electrons. The second-order valence-corrected chi connectivity index (χ2v) is 4.82. The zero-order valence-electron chi connectivity index (χ0n) is 11.6. The third-order valence-electron chi connectivity index (χ3n) is 3.48. The van der Waals surface area contributed by atoms with Crippen LogP contribution in [0.25, 0.3) is 5.69 Å². The van der Waals surface area contributed by atoms with Gasteiger partial charge in [-0.2, -0.15) is 0 Å². The molecule has 19 heavy (non-hydrogen) atoms. The molecule has 1 heterocycles. The van der Waals surface area contributed by atoms with E-state index in [-0.39, 0.29) is 6.42 Å². The van der Waals surface area contributed by atoms with Crippen LogP contribution in [0.1, 0.15) is 29.4 Å². The number of carboxylic acids is 1. The van der Waals surface area contributed by atoms with Crippen molar-refractivity contribution in [1.82, 2.24) is 4.57 Å². The van der Waals surface area contributed by atoms with Gasteiger partial charge in [-0.3, -0.25) is 4.79 Å². The first-order valence-electron chi connectivity index (χ1n) is 6.52. The number of carboxylic acid groups (broad SMARTS) is 1. The normalized spacial score (nSPS) is 10.7. The zero-order valence-corrected chi connectivity index (χ0v) is 11.6. The van der Waals surface area contributed by atoms with Crippen LogP contribution in [0, 0.1) is 13.8 Å². The van der Waals surface area contributed by atoms with Crippen molar-refractivity contribution in [1.29, 1.82) is 0 Å². The highest BCUT2D eigenvalue weighted by Crippen LogP contribution is 2.21. The van der Waals surface area contributed by atoms with Gasteiger partial charge in [0.25, 0.3) is 0 Å². The standard InChI is InChI=1S/C16H19NO2/c1-4-13-5-7-15(8-6-13)17-11(2)9-14(12(17)3)10-16(18)19/h5-9H,4,10H2,1-3H3,(H,18,19). The topological polar surface area (TPSA) is 42.2 Å². The Morgan fingerprint density at radius 1 is 1.21 bits per heavy atom. The number of hydrogen-bond acceptors (Lipinski definition) is 1.